The normalized spacial score (nSPS) is 12.4. The second-order valence-electron chi connectivity index (χ2n) is 6.95. The molecule has 0 saturated carbocycles. The van der Waals surface area contributed by atoms with E-state index in [1.54, 1.807) is 6.92 Å². The molecule has 0 aliphatic rings. The standard InChI is InChI=1S/C21H27NO3/c1-6-24-19-10-8-7-9-18(19)22-20(23)15(2)25-17-13-11-16(12-14-17)21(3,4)5/h7-15H,6H2,1-5H3,(H,22,23). The number of nitrogens with one attached hydrogen (secondary N) is 1. The topological polar surface area (TPSA) is 47.6 Å². The molecule has 0 radical (unpaired) electrons. The Labute approximate surface area is 150 Å². The molecule has 0 bridgehead atoms. The van der Waals surface area contributed by atoms with Crippen molar-refractivity contribution in [1.29, 1.82) is 0 Å². The van der Waals surface area contributed by atoms with Crippen molar-refractivity contribution in [3.63, 3.8) is 0 Å². The molecule has 0 spiro atoms. The molecule has 2 aromatic carbocycles. The first kappa shape index (κ1) is 18.8. The minimum absolute atomic E-state index is 0.0878. The van der Waals surface area contributed by atoms with Crippen LogP contribution in [0.15, 0.2) is 48.5 Å². The maximum atomic E-state index is 12.4. The van der Waals surface area contributed by atoms with Crippen molar-refractivity contribution in [2.75, 3.05) is 11.9 Å². The summed E-state index contributed by atoms with van der Waals surface area (Å²) >= 11 is 0. The van der Waals surface area contributed by atoms with Crippen LogP contribution >= 0.6 is 0 Å². The molecule has 25 heavy (non-hydrogen) atoms. The van der Waals surface area contributed by atoms with Crippen LogP contribution in [0.5, 0.6) is 11.5 Å². The summed E-state index contributed by atoms with van der Waals surface area (Å²) < 4.78 is 11.3. The Morgan fingerprint density at radius 3 is 2.32 bits per heavy atom. The van der Waals surface area contributed by atoms with Gasteiger partial charge in [-0.2, -0.15) is 0 Å². The van der Waals surface area contributed by atoms with Crippen LogP contribution in [0.3, 0.4) is 0 Å². The van der Waals surface area contributed by atoms with E-state index in [-0.39, 0.29) is 11.3 Å². The van der Waals surface area contributed by atoms with E-state index in [0.717, 1.165) is 0 Å². The average Bonchev–Trinajstić information content (AvgIpc) is 2.56. The largest absolute Gasteiger partial charge is 0.492 e. The van der Waals surface area contributed by atoms with Crippen LogP contribution in [-0.2, 0) is 10.2 Å². The number of ether oxygens (including phenoxy) is 2. The average molecular weight is 341 g/mol. The van der Waals surface area contributed by atoms with E-state index in [4.69, 9.17) is 9.47 Å². The molecule has 0 aliphatic heterocycles. The lowest BCUT2D eigenvalue weighted by Gasteiger charge is -2.20. The quantitative estimate of drug-likeness (QED) is 0.822. The van der Waals surface area contributed by atoms with Crippen molar-refractivity contribution in [3.8, 4) is 11.5 Å². The van der Waals surface area contributed by atoms with Gasteiger partial charge in [0.05, 0.1) is 12.3 Å². The van der Waals surface area contributed by atoms with Gasteiger partial charge in [0.25, 0.3) is 5.91 Å². The molecule has 2 rings (SSSR count). The third-order valence-electron chi connectivity index (χ3n) is 3.85. The van der Waals surface area contributed by atoms with Gasteiger partial charge in [0.1, 0.15) is 11.5 Å². The number of anilines is 1. The van der Waals surface area contributed by atoms with Crippen LogP contribution < -0.4 is 14.8 Å². The highest BCUT2D eigenvalue weighted by atomic mass is 16.5. The van der Waals surface area contributed by atoms with Crippen molar-refractivity contribution in [2.45, 2.75) is 46.1 Å². The predicted molar refractivity (Wildman–Crippen MR) is 101 cm³/mol. The summed E-state index contributed by atoms with van der Waals surface area (Å²) in [6, 6.07) is 15.2. The van der Waals surface area contributed by atoms with Crippen LogP contribution in [0.1, 0.15) is 40.2 Å². The van der Waals surface area contributed by atoms with E-state index in [1.807, 2.05) is 55.5 Å². The molecule has 4 heteroatoms. The summed E-state index contributed by atoms with van der Waals surface area (Å²) in [5, 5.41) is 2.86. The summed E-state index contributed by atoms with van der Waals surface area (Å²) in [5.74, 6) is 1.11. The summed E-state index contributed by atoms with van der Waals surface area (Å²) in [7, 11) is 0. The van der Waals surface area contributed by atoms with Crippen LogP contribution in [0, 0.1) is 0 Å². The number of para-hydroxylation sites is 2. The SMILES string of the molecule is CCOc1ccccc1NC(=O)C(C)Oc1ccc(C(C)(C)C)cc1. The molecule has 1 amide bonds. The fourth-order valence-corrected chi connectivity index (χ4v) is 2.38. The van der Waals surface area contributed by atoms with Crippen molar-refractivity contribution in [3.05, 3.63) is 54.1 Å². The van der Waals surface area contributed by atoms with Crippen LogP contribution in [0.4, 0.5) is 5.69 Å². The molecule has 0 fully saturated rings. The van der Waals surface area contributed by atoms with Crippen LogP contribution in [-0.4, -0.2) is 18.6 Å². The number of benzene rings is 2. The summed E-state index contributed by atoms with van der Waals surface area (Å²) in [4.78, 5) is 12.4. The second-order valence-corrected chi connectivity index (χ2v) is 6.95. The molecule has 0 aromatic heterocycles. The molecule has 0 heterocycles. The summed E-state index contributed by atoms with van der Waals surface area (Å²) in [6.45, 7) is 10.7. The predicted octanol–water partition coefficient (Wildman–Crippen LogP) is 4.79. The van der Waals surface area contributed by atoms with Gasteiger partial charge >= 0.3 is 0 Å². The van der Waals surface area contributed by atoms with Crippen molar-refractivity contribution >= 4 is 11.6 Å². The molecular formula is C21H27NO3. The Morgan fingerprint density at radius 1 is 1.08 bits per heavy atom. The summed E-state index contributed by atoms with van der Waals surface area (Å²) in [6.07, 6.45) is -0.616. The van der Waals surface area contributed by atoms with Gasteiger partial charge in [-0.1, -0.05) is 45.0 Å². The minimum atomic E-state index is -0.616. The van der Waals surface area contributed by atoms with Crippen molar-refractivity contribution in [2.24, 2.45) is 0 Å². The molecule has 4 nitrogen and oxygen atoms in total. The lowest BCUT2D eigenvalue weighted by molar-refractivity contribution is -0.122. The maximum absolute atomic E-state index is 12.4. The lowest BCUT2D eigenvalue weighted by atomic mass is 9.87. The second kappa shape index (κ2) is 8.06. The monoisotopic (exact) mass is 341 g/mol. The van der Waals surface area contributed by atoms with Gasteiger partial charge in [-0.25, -0.2) is 0 Å². The highest BCUT2D eigenvalue weighted by molar-refractivity contribution is 5.95. The zero-order valence-corrected chi connectivity index (χ0v) is 15.6. The van der Waals surface area contributed by atoms with E-state index in [2.05, 4.69) is 26.1 Å². The van der Waals surface area contributed by atoms with Crippen molar-refractivity contribution < 1.29 is 14.3 Å². The molecule has 1 unspecified atom stereocenters. The minimum Gasteiger partial charge on any atom is -0.492 e. The Morgan fingerprint density at radius 2 is 1.72 bits per heavy atom. The van der Waals surface area contributed by atoms with Crippen LogP contribution in [0.25, 0.3) is 0 Å². The molecule has 0 aliphatic carbocycles. The lowest BCUT2D eigenvalue weighted by Crippen LogP contribution is -2.30. The highest BCUT2D eigenvalue weighted by Crippen LogP contribution is 2.26. The fraction of sp³-hybridized carbons (Fsp3) is 0.381. The number of hydrogen-bond donors (Lipinski definition) is 1. The number of carbonyl (C=O) groups excluding carboxylic acids is 1. The summed E-state index contributed by atoms with van der Waals surface area (Å²) in [5.41, 5.74) is 1.96. The molecule has 1 atom stereocenters. The zero-order chi connectivity index (χ0) is 18.4. The van der Waals surface area contributed by atoms with Gasteiger partial charge in [0.15, 0.2) is 6.10 Å². The van der Waals surface area contributed by atoms with Gasteiger partial charge in [-0.05, 0) is 49.1 Å². The van der Waals surface area contributed by atoms with Crippen LogP contribution in [0.2, 0.25) is 0 Å². The zero-order valence-electron chi connectivity index (χ0n) is 15.6. The van der Waals surface area contributed by atoms with Gasteiger partial charge in [0.2, 0.25) is 0 Å². The fourth-order valence-electron chi connectivity index (χ4n) is 2.38. The molecule has 134 valence electrons. The van der Waals surface area contributed by atoms with Gasteiger partial charge in [-0.15, -0.1) is 0 Å². The number of carbonyl (C=O) groups is 1. The number of amides is 1. The first-order valence-corrected chi connectivity index (χ1v) is 8.61. The Hall–Kier alpha value is -2.49. The van der Waals surface area contributed by atoms with E-state index in [1.165, 1.54) is 5.56 Å². The van der Waals surface area contributed by atoms with Gasteiger partial charge in [-0.3, -0.25) is 4.79 Å². The first-order chi connectivity index (χ1) is 11.8. The molecule has 1 N–H and O–H groups in total. The molecular weight excluding hydrogens is 314 g/mol. The Bertz CT molecular complexity index is 702. The van der Waals surface area contributed by atoms with Gasteiger partial charge < -0.3 is 14.8 Å². The third kappa shape index (κ3) is 5.24. The Kier molecular flexibility index (Phi) is 6.07. The van der Waals surface area contributed by atoms with E-state index in [0.29, 0.717) is 23.8 Å². The first-order valence-electron chi connectivity index (χ1n) is 8.61. The van der Waals surface area contributed by atoms with E-state index >= 15 is 0 Å². The van der Waals surface area contributed by atoms with Gasteiger partial charge in [0, 0.05) is 0 Å². The highest BCUT2D eigenvalue weighted by Gasteiger charge is 2.18. The number of rotatable bonds is 6. The molecule has 0 saturated heterocycles. The third-order valence-corrected chi connectivity index (χ3v) is 3.85. The van der Waals surface area contributed by atoms with E-state index < -0.39 is 6.10 Å². The maximum Gasteiger partial charge on any atom is 0.265 e. The molecule has 2 aromatic rings. The number of hydrogen-bond acceptors (Lipinski definition) is 3. The smallest absolute Gasteiger partial charge is 0.265 e. The van der Waals surface area contributed by atoms with E-state index in [9.17, 15) is 4.79 Å². The Balaban J connectivity index is 2.01. The van der Waals surface area contributed by atoms with Crippen molar-refractivity contribution in [1.82, 2.24) is 0 Å².